The van der Waals surface area contributed by atoms with Crippen molar-refractivity contribution in [2.75, 3.05) is 7.11 Å². The van der Waals surface area contributed by atoms with Crippen LogP contribution in [0.3, 0.4) is 0 Å². The first-order valence-corrected chi connectivity index (χ1v) is 6.06. The van der Waals surface area contributed by atoms with Gasteiger partial charge in [0, 0.05) is 12.6 Å². The highest BCUT2D eigenvalue weighted by atomic mass is 16.5. The van der Waals surface area contributed by atoms with Gasteiger partial charge in [0.1, 0.15) is 0 Å². The van der Waals surface area contributed by atoms with Crippen molar-refractivity contribution >= 4 is 0 Å². The molecule has 2 aromatic rings. The number of rotatable bonds is 4. The zero-order chi connectivity index (χ0) is 13.1. The Morgan fingerprint density at radius 2 is 2.11 bits per heavy atom. The van der Waals surface area contributed by atoms with Gasteiger partial charge in [-0.1, -0.05) is 13.3 Å². The van der Waals surface area contributed by atoms with Crippen molar-refractivity contribution in [2.45, 2.75) is 19.8 Å². The first kappa shape index (κ1) is 12.5. The van der Waals surface area contributed by atoms with Crippen LogP contribution in [0.4, 0.5) is 0 Å². The van der Waals surface area contributed by atoms with E-state index in [2.05, 4.69) is 18.1 Å². The summed E-state index contributed by atoms with van der Waals surface area (Å²) in [5.74, 6) is 0.628. The van der Waals surface area contributed by atoms with Crippen LogP contribution in [-0.4, -0.2) is 22.0 Å². The molecule has 0 aliphatic heterocycles. The number of methoxy groups -OCH3 is 1. The van der Waals surface area contributed by atoms with E-state index in [4.69, 9.17) is 4.74 Å². The third-order valence-corrected chi connectivity index (χ3v) is 2.91. The number of aromatic hydroxyl groups is 1. The van der Waals surface area contributed by atoms with E-state index in [1.165, 1.54) is 7.11 Å². The van der Waals surface area contributed by atoms with Gasteiger partial charge in [-0.25, -0.2) is 0 Å². The normalized spacial score (nSPS) is 10.6. The Morgan fingerprint density at radius 1 is 1.33 bits per heavy atom. The van der Waals surface area contributed by atoms with E-state index in [-0.39, 0.29) is 5.75 Å². The number of aromatic nitrogens is 2. The standard InChI is InChI=1S/C14H18N2O2/c1-4-5-11-9-12(16(2)15-11)10-6-7-14(18-3)13(17)8-10/h6-9,17H,4-5H2,1-3H3. The lowest BCUT2D eigenvalue weighted by Crippen LogP contribution is -1.94. The molecule has 0 unspecified atom stereocenters. The summed E-state index contributed by atoms with van der Waals surface area (Å²) in [6.07, 6.45) is 2.04. The summed E-state index contributed by atoms with van der Waals surface area (Å²) in [4.78, 5) is 0. The Hall–Kier alpha value is -1.97. The zero-order valence-electron chi connectivity index (χ0n) is 11.0. The fourth-order valence-corrected chi connectivity index (χ4v) is 2.02. The minimum Gasteiger partial charge on any atom is -0.504 e. The second-order valence-electron chi connectivity index (χ2n) is 4.28. The van der Waals surface area contributed by atoms with Crippen molar-refractivity contribution in [3.63, 3.8) is 0 Å². The van der Waals surface area contributed by atoms with E-state index < -0.39 is 0 Å². The van der Waals surface area contributed by atoms with Gasteiger partial charge in [-0.2, -0.15) is 5.10 Å². The Labute approximate surface area is 107 Å². The highest BCUT2D eigenvalue weighted by molar-refractivity contribution is 5.64. The Morgan fingerprint density at radius 3 is 2.72 bits per heavy atom. The highest BCUT2D eigenvalue weighted by Gasteiger charge is 2.09. The smallest absolute Gasteiger partial charge is 0.160 e. The van der Waals surface area contributed by atoms with Crippen LogP contribution in [0.15, 0.2) is 24.3 Å². The number of hydrogen-bond acceptors (Lipinski definition) is 3. The molecule has 0 radical (unpaired) electrons. The average Bonchev–Trinajstić information content (AvgIpc) is 2.71. The monoisotopic (exact) mass is 246 g/mol. The molecule has 1 aromatic carbocycles. The molecule has 0 saturated carbocycles. The highest BCUT2D eigenvalue weighted by Crippen LogP contribution is 2.31. The van der Waals surface area contributed by atoms with Gasteiger partial charge >= 0.3 is 0 Å². The average molecular weight is 246 g/mol. The van der Waals surface area contributed by atoms with Crippen molar-refractivity contribution < 1.29 is 9.84 Å². The lowest BCUT2D eigenvalue weighted by atomic mass is 10.1. The maximum atomic E-state index is 9.80. The Balaban J connectivity index is 2.39. The SMILES string of the molecule is CCCc1cc(-c2ccc(OC)c(O)c2)n(C)n1. The first-order valence-electron chi connectivity index (χ1n) is 6.06. The summed E-state index contributed by atoms with van der Waals surface area (Å²) in [6, 6.07) is 7.44. The molecule has 0 aliphatic rings. The minimum absolute atomic E-state index is 0.147. The molecular formula is C14H18N2O2. The number of ether oxygens (including phenoxy) is 1. The number of benzene rings is 1. The lowest BCUT2D eigenvalue weighted by Gasteiger charge is -2.06. The van der Waals surface area contributed by atoms with Crippen LogP contribution in [-0.2, 0) is 13.5 Å². The van der Waals surface area contributed by atoms with Crippen molar-refractivity contribution in [2.24, 2.45) is 7.05 Å². The lowest BCUT2D eigenvalue weighted by molar-refractivity contribution is 0.373. The van der Waals surface area contributed by atoms with Crippen molar-refractivity contribution in [1.29, 1.82) is 0 Å². The predicted molar refractivity (Wildman–Crippen MR) is 70.9 cm³/mol. The quantitative estimate of drug-likeness (QED) is 0.902. The number of aryl methyl sites for hydroxylation is 2. The number of nitrogens with zero attached hydrogens (tertiary/aromatic N) is 2. The second-order valence-corrected chi connectivity index (χ2v) is 4.28. The summed E-state index contributed by atoms with van der Waals surface area (Å²) in [6.45, 7) is 2.13. The molecule has 1 N–H and O–H groups in total. The van der Waals surface area contributed by atoms with Gasteiger partial charge in [-0.3, -0.25) is 4.68 Å². The Bertz CT molecular complexity index is 547. The summed E-state index contributed by atoms with van der Waals surface area (Å²) in [7, 11) is 3.45. The molecule has 0 amide bonds. The van der Waals surface area contributed by atoms with Gasteiger partial charge in [-0.05, 0) is 30.7 Å². The van der Waals surface area contributed by atoms with E-state index in [0.29, 0.717) is 5.75 Å². The molecule has 4 nitrogen and oxygen atoms in total. The molecule has 0 saturated heterocycles. The van der Waals surface area contributed by atoms with Gasteiger partial charge in [0.05, 0.1) is 18.5 Å². The third kappa shape index (κ3) is 2.32. The second kappa shape index (κ2) is 5.12. The fourth-order valence-electron chi connectivity index (χ4n) is 2.02. The predicted octanol–water partition coefficient (Wildman–Crippen LogP) is 2.75. The third-order valence-electron chi connectivity index (χ3n) is 2.91. The maximum absolute atomic E-state index is 9.80. The molecule has 0 spiro atoms. The summed E-state index contributed by atoms with van der Waals surface area (Å²) < 4.78 is 6.88. The van der Waals surface area contributed by atoms with E-state index in [9.17, 15) is 5.11 Å². The molecule has 0 fully saturated rings. The number of phenols is 1. The van der Waals surface area contributed by atoms with Gasteiger partial charge in [0.25, 0.3) is 0 Å². The molecule has 4 heteroatoms. The van der Waals surface area contributed by atoms with Crippen LogP contribution < -0.4 is 4.74 Å². The van der Waals surface area contributed by atoms with E-state index >= 15 is 0 Å². The van der Waals surface area contributed by atoms with Gasteiger partial charge in [0.2, 0.25) is 0 Å². The van der Waals surface area contributed by atoms with E-state index in [0.717, 1.165) is 29.8 Å². The van der Waals surface area contributed by atoms with Crippen LogP contribution in [0.1, 0.15) is 19.0 Å². The maximum Gasteiger partial charge on any atom is 0.160 e. The van der Waals surface area contributed by atoms with Crippen LogP contribution in [0.25, 0.3) is 11.3 Å². The topological polar surface area (TPSA) is 47.3 Å². The zero-order valence-corrected chi connectivity index (χ0v) is 11.0. The van der Waals surface area contributed by atoms with Crippen molar-refractivity contribution in [3.05, 3.63) is 30.0 Å². The fraction of sp³-hybridized carbons (Fsp3) is 0.357. The molecule has 0 bridgehead atoms. The van der Waals surface area contributed by atoms with E-state index in [1.807, 2.05) is 17.8 Å². The molecule has 1 aromatic heterocycles. The number of phenolic OH excluding ortho intramolecular Hbond substituents is 1. The minimum atomic E-state index is 0.147. The number of hydrogen-bond donors (Lipinski definition) is 1. The largest absolute Gasteiger partial charge is 0.504 e. The van der Waals surface area contributed by atoms with Crippen molar-refractivity contribution in [1.82, 2.24) is 9.78 Å². The summed E-state index contributed by atoms with van der Waals surface area (Å²) in [5, 5.41) is 14.3. The summed E-state index contributed by atoms with van der Waals surface area (Å²) >= 11 is 0. The first-order chi connectivity index (χ1) is 8.65. The van der Waals surface area contributed by atoms with Gasteiger partial charge in [0.15, 0.2) is 11.5 Å². The van der Waals surface area contributed by atoms with Crippen LogP contribution in [0.5, 0.6) is 11.5 Å². The van der Waals surface area contributed by atoms with Crippen LogP contribution >= 0.6 is 0 Å². The molecule has 1 heterocycles. The summed E-state index contributed by atoms with van der Waals surface area (Å²) in [5.41, 5.74) is 3.01. The van der Waals surface area contributed by atoms with E-state index in [1.54, 1.807) is 12.1 Å². The Kier molecular flexibility index (Phi) is 3.55. The molecule has 18 heavy (non-hydrogen) atoms. The van der Waals surface area contributed by atoms with Gasteiger partial charge in [-0.15, -0.1) is 0 Å². The molecule has 2 rings (SSSR count). The molecule has 0 atom stereocenters. The molecule has 96 valence electrons. The molecule has 0 aliphatic carbocycles. The van der Waals surface area contributed by atoms with Crippen LogP contribution in [0, 0.1) is 0 Å². The van der Waals surface area contributed by atoms with Crippen LogP contribution in [0.2, 0.25) is 0 Å². The molecular weight excluding hydrogens is 228 g/mol. The van der Waals surface area contributed by atoms with Gasteiger partial charge < -0.3 is 9.84 Å². The van der Waals surface area contributed by atoms with Crippen molar-refractivity contribution in [3.8, 4) is 22.8 Å².